The van der Waals surface area contributed by atoms with E-state index in [9.17, 15) is 18.0 Å². The lowest BCUT2D eigenvalue weighted by Crippen LogP contribution is -2.52. The summed E-state index contributed by atoms with van der Waals surface area (Å²) in [4.78, 5) is 28.2. The van der Waals surface area contributed by atoms with Gasteiger partial charge in [-0.1, -0.05) is 72.6 Å². The standard InChI is InChI=1S/C27H29Cl2N3O4S/c1-3-25(27(34)30-4-2)31(18-20-15-16-21(28)17-24(20)29)26(33)19-32(22-11-7-5-8-12-22)37(35,36)23-13-9-6-10-14-23/h5-17,25H,3-4,18-19H2,1-2H3,(H,30,34)/t25-/m1/s1. The smallest absolute Gasteiger partial charge is 0.264 e. The Labute approximate surface area is 228 Å². The molecule has 0 aliphatic carbocycles. The molecular formula is C27H29Cl2N3O4S. The van der Waals surface area contributed by atoms with Crippen LogP contribution in [0.2, 0.25) is 10.0 Å². The topological polar surface area (TPSA) is 86.8 Å². The summed E-state index contributed by atoms with van der Waals surface area (Å²) < 4.78 is 28.4. The first-order valence-electron chi connectivity index (χ1n) is 11.8. The minimum atomic E-state index is -4.09. The predicted octanol–water partition coefficient (Wildman–Crippen LogP) is 5.13. The van der Waals surface area contributed by atoms with Gasteiger partial charge in [0.05, 0.1) is 10.6 Å². The van der Waals surface area contributed by atoms with Crippen LogP contribution in [0.1, 0.15) is 25.8 Å². The van der Waals surface area contributed by atoms with Crippen LogP contribution in [0.5, 0.6) is 0 Å². The maximum atomic E-state index is 13.9. The minimum absolute atomic E-state index is 0.00150. The third kappa shape index (κ3) is 7.03. The number of sulfonamides is 1. The lowest BCUT2D eigenvalue weighted by molar-refractivity contribution is -0.140. The molecule has 3 aromatic carbocycles. The number of benzene rings is 3. The highest BCUT2D eigenvalue weighted by Gasteiger charge is 2.33. The van der Waals surface area contributed by atoms with Gasteiger partial charge in [-0.15, -0.1) is 0 Å². The number of nitrogens with zero attached hydrogens (tertiary/aromatic N) is 2. The van der Waals surface area contributed by atoms with Gasteiger partial charge in [0.2, 0.25) is 11.8 Å². The van der Waals surface area contributed by atoms with Gasteiger partial charge in [0.1, 0.15) is 12.6 Å². The van der Waals surface area contributed by atoms with Crippen LogP contribution in [0.3, 0.4) is 0 Å². The van der Waals surface area contributed by atoms with Crippen LogP contribution in [0.25, 0.3) is 0 Å². The molecule has 0 saturated carbocycles. The van der Waals surface area contributed by atoms with Crippen LogP contribution < -0.4 is 9.62 Å². The number of likely N-dealkylation sites (N-methyl/N-ethyl adjacent to an activating group) is 1. The maximum Gasteiger partial charge on any atom is 0.264 e. The molecule has 3 aromatic rings. The summed E-state index contributed by atoms with van der Waals surface area (Å²) >= 11 is 12.4. The number of carbonyl (C=O) groups is 2. The van der Waals surface area contributed by atoms with E-state index in [4.69, 9.17) is 23.2 Å². The van der Waals surface area contributed by atoms with Crippen LogP contribution in [-0.4, -0.2) is 44.3 Å². The molecule has 0 saturated heterocycles. The zero-order valence-corrected chi connectivity index (χ0v) is 22.9. The van der Waals surface area contributed by atoms with Crippen LogP contribution >= 0.6 is 23.2 Å². The highest BCUT2D eigenvalue weighted by Crippen LogP contribution is 2.26. The number of nitrogens with one attached hydrogen (secondary N) is 1. The molecule has 0 bridgehead atoms. The lowest BCUT2D eigenvalue weighted by Gasteiger charge is -2.33. The molecule has 3 rings (SSSR count). The zero-order valence-electron chi connectivity index (χ0n) is 20.6. The van der Waals surface area contributed by atoms with E-state index in [1.165, 1.54) is 17.0 Å². The quantitative estimate of drug-likeness (QED) is 0.351. The number of para-hydroxylation sites is 1. The molecular weight excluding hydrogens is 533 g/mol. The summed E-state index contributed by atoms with van der Waals surface area (Å²) in [5.41, 5.74) is 0.912. The van der Waals surface area contributed by atoms with Crippen molar-refractivity contribution in [2.24, 2.45) is 0 Å². The number of carbonyl (C=O) groups excluding carboxylic acids is 2. The number of hydrogen-bond donors (Lipinski definition) is 1. The number of amides is 2. The van der Waals surface area contributed by atoms with Crippen molar-refractivity contribution < 1.29 is 18.0 Å². The number of anilines is 1. The van der Waals surface area contributed by atoms with E-state index in [1.54, 1.807) is 80.6 Å². The highest BCUT2D eigenvalue weighted by atomic mass is 35.5. The second kappa shape index (κ2) is 12.9. The van der Waals surface area contributed by atoms with Crippen LogP contribution in [-0.2, 0) is 26.2 Å². The third-order valence-electron chi connectivity index (χ3n) is 5.75. The van der Waals surface area contributed by atoms with E-state index in [0.29, 0.717) is 34.3 Å². The van der Waals surface area contributed by atoms with Crippen LogP contribution in [0.15, 0.2) is 83.8 Å². The Morgan fingerprint density at radius 3 is 2.11 bits per heavy atom. The van der Waals surface area contributed by atoms with Crippen LogP contribution in [0.4, 0.5) is 5.69 Å². The second-order valence-corrected chi connectivity index (χ2v) is 10.9. The van der Waals surface area contributed by atoms with Gasteiger partial charge in [-0.2, -0.15) is 0 Å². The molecule has 0 aliphatic rings. The van der Waals surface area contributed by atoms with Gasteiger partial charge in [0, 0.05) is 23.1 Å². The first kappa shape index (κ1) is 28.5. The van der Waals surface area contributed by atoms with Crippen molar-refractivity contribution >= 4 is 50.7 Å². The Kier molecular flexibility index (Phi) is 9.97. The maximum absolute atomic E-state index is 13.9. The number of rotatable bonds is 11. The van der Waals surface area contributed by atoms with Gasteiger partial charge < -0.3 is 10.2 Å². The van der Waals surface area contributed by atoms with Gasteiger partial charge in [0.25, 0.3) is 10.0 Å². The summed E-state index contributed by atoms with van der Waals surface area (Å²) in [6.07, 6.45) is 0.319. The average Bonchev–Trinajstić information content (AvgIpc) is 2.89. The normalized spacial score (nSPS) is 12.0. The fraction of sp³-hybridized carbons (Fsp3) is 0.259. The molecule has 1 atom stereocenters. The van der Waals surface area contributed by atoms with E-state index in [-0.39, 0.29) is 17.3 Å². The molecule has 0 fully saturated rings. The molecule has 10 heteroatoms. The first-order chi connectivity index (χ1) is 17.7. The van der Waals surface area contributed by atoms with Crippen molar-refractivity contribution in [3.63, 3.8) is 0 Å². The second-order valence-electron chi connectivity index (χ2n) is 8.24. The number of hydrogen-bond acceptors (Lipinski definition) is 4. The largest absolute Gasteiger partial charge is 0.355 e. The van der Waals surface area contributed by atoms with Crippen molar-refractivity contribution in [3.8, 4) is 0 Å². The van der Waals surface area contributed by atoms with E-state index in [1.807, 2.05) is 0 Å². The molecule has 0 unspecified atom stereocenters. The Morgan fingerprint density at radius 1 is 0.919 bits per heavy atom. The Hall–Kier alpha value is -3.07. The summed E-state index contributed by atoms with van der Waals surface area (Å²) in [6, 6.07) is 20.4. The van der Waals surface area contributed by atoms with Crippen molar-refractivity contribution in [3.05, 3.63) is 94.5 Å². The molecule has 0 aromatic heterocycles. The predicted molar refractivity (Wildman–Crippen MR) is 147 cm³/mol. The summed E-state index contributed by atoms with van der Waals surface area (Å²) in [7, 11) is -4.09. The van der Waals surface area contributed by atoms with Gasteiger partial charge in [-0.25, -0.2) is 8.42 Å². The molecule has 0 spiro atoms. The van der Waals surface area contributed by atoms with Crippen LogP contribution in [0, 0.1) is 0 Å². The average molecular weight is 563 g/mol. The van der Waals surface area contributed by atoms with E-state index >= 15 is 0 Å². The molecule has 37 heavy (non-hydrogen) atoms. The molecule has 0 aliphatic heterocycles. The molecule has 0 heterocycles. The summed E-state index contributed by atoms with van der Waals surface area (Å²) in [5.74, 6) is -0.881. The summed E-state index contributed by atoms with van der Waals surface area (Å²) in [6.45, 7) is 3.45. The monoisotopic (exact) mass is 561 g/mol. The van der Waals surface area contributed by atoms with Gasteiger partial charge in [0.15, 0.2) is 0 Å². The van der Waals surface area contributed by atoms with Crippen molar-refractivity contribution in [2.45, 2.75) is 37.8 Å². The lowest BCUT2D eigenvalue weighted by atomic mass is 10.1. The molecule has 1 N–H and O–H groups in total. The van der Waals surface area contributed by atoms with Gasteiger partial charge >= 0.3 is 0 Å². The van der Waals surface area contributed by atoms with Crippen molar-refractivity contribution in [1.82, 2.24) is 10.2 Å². The fourth-order valence-electron chi connectivity index (χ4n) is 3.89. The molecule has 7 nitrogen and oxygen atoms in total. The molecule has 0 radical (unpaired) electrons. The number of halogens is 2. The molecule has 196 valence electrons. The fourth-order valence-corrected chi connectivity index (χ4v) is 5.79. The Bertz CT molecular complexity index is 1320. The molecule has 2 amide bonds. The van der Waals surface area contributed by atoms with E-state index in [0.717, 1.165) is 4.31 Å². The zero-order chi connectivity index (χ0) is 27.0. The Morgan fingerprint density at radius 2 is 1.54 bits per heavy atom. The van der Waals surface area contributed by atoms with E-state index in [2.05, 4.69) is 5.32 Å². The highest BCUT2D eigenvalue weighted by molar-refractivity contribution is 7.92. The van der Waals surface area contributed by atoms with E-state index < -0.39 is 28.5 Å². The minimum Gasteiger partial charge on any atom is -0.355 e. The van der Waals surface area contributed by atoms with Crippen molar-refractivity contribution in [2.75, 3.05) is 17.4 Å². The van der Waals surface area contributed by atoms with Gasteiger partial charge in [-0.05, 0) is 55.3 Å². The van der Waals surface area contributed by atoms with Gasteiger partial charge in [-0.3, -0.25) is 13.9 Å². The summed E-state index contributed by atoms with van der Waals surface area (Å²) in [5, 5.41) is 3.54. The Balaban J connectivity index is 2.04. The third-order valence-corrected chi connectivity index (χ3v) is 8.12. The SMILES string of the molecule is CCNC(=O)[C@@H](CC)N(Cc1ccc(Cl)cc1Cl)C(=O)CN(c1ccccc1)S(=O)(=O)c1ccccc1. The first-order valence-corrected chi connectivity index (χ1v) is 14.0. The van der Waals surface area contributed by atoms with Crippen molar-refractivity contribution in [1.29, 1.82) is 0 Å².